The summed E-state index contributed by atoms with van der Waals surface area (Å²) in [6.07, 6.45) is 1.34. The van der Waals surface area contributed by atoms with Crippen molar-refractivity contribution in [1.82, 2.24) is 15.5 Å². The highest BCUT2D eigenvalue weighted by atomic mass is 16.5. The predicted molar refractivity (Wildman–Crippen MR) is 88.7 cm³/mol. The summed E-state index contributed by atoms with van der Waals surface area (Å²) in [5, 5.41) is 10.4. The van der Waals surface area contributed by atoms with Gasteiger partial charge in [0.15, 0.2) is 5.78 Å². The van der Waals surface area contributed by atoms with E-state index in [4.69, 9.17) is 4.74 Å². The number of morpholine rings is 1. The summed E-state index contributed by atoms with van der Waals surface area (Å²) in [5.41, 5.74) is 4.72. The van der Waals surface area contributed by atoms with E-state index in [0.29, 0.717) is 12.1 Å². The van der Waals surface area contributed by atoms with Gasteiger partial charge in [-0.1, -0.05) is 31.2 Å². The van der Waals surface area contributed by atoms with Gasteiger partial charge in [0, 0.05) is 30.8 Å². The molecule has 1 aliphatic heterocycles. The fourth-order valence-electron chi connectivity index (χ4n) is 2.95. The molecule has 1 atom stereocenters. The standard InChI is InChI=1S/C18H23N3O2/c1-3-15-12(2)18(21-20-15)16(22)10-13-4-6-14(7-5-13)17-11-19-8-9-23-17/h4-7,17,19H,3,8-11H2,1-2H3,(H,20,21)/t17-/m1/s1. The highest BCUT2D eigenvalue weighted by Crippen LogP contribution is 2.20. The SMILES string of the molecule is CCc1[nH]nc(C(=O)Cc2ccc([C@H]3CNCCO3)cc2)c1C. The summed E-state index contributed by atoms with van der Waals surface area (Å²) in [6.45, 7) is 6.49. The van der Waals surface area contributed by atoms with Crippen LogP contribution < -0.4 is 5.32 Å². The molecule has 2 heterocycles. The molecular formula is C18H23N3O2. The molecule has 0 spiro atoms. The van der Waals surface area contributed by atoms with Gasteiger partial charge >= 0.3 is 0 Å². The number of aryl methyl sites for hydroxylation is 1. The van der Waals surface area contributed by atoms with E-state index in [1.54, 1.807) is 0 Å². The fraction of sp³-hybridized carbons (Fsp3) is 0.444. The Hall–Kier alpha value is -1.98. The van der Waals surface area contributed by atoms with Crippen molar-refractivity contribution in [3.05, 3.63) is 52.3 Å². The summed E-state index contributed by atoms with van der Waals surface area (Å²) >= 11 is 0. The van der Waals surface area contributed by atoms with E-state index in [1.807, 2.05) is 19.1 Å². The van der Waals surface area contributed by atoms with Crippen molar-refractivity contribution in [2.75, 3.05) is 19.7 Å². The Morgan fingerprint density at radius 2 is 2.13 bits per heavy atom. The number of ketones is 1. The third kappa shape index (κ3) is 3.51. The molecule has 0 unspecified atom stereocenters. The zero-order valence-electron chi connectivity index (χ0n) is 13.7. The lowest BCUT2D eigenvalue weighted by molar-refractivity contribution is 0.0277. The van der Waals surface area contributed by atoms with Crippen molar-refractivity contribution >= 4 is 5.78 Å². The first kappa shape index (κ1) is 15.9. The maximum atomic E-state index is 12.4. The Labute approximate surface area is 136 Å². The zero-order chi connectivity index (χ0) is 16.2. The third-order valence-electron chi connectivity index (χ3n) is 4.37. The monoisotopic (exact) mass is 313 g/mol. The highest BCUT2D eigenvalue weighted by molar-refractivity contribution is 5.97. The van der Waals surface area contributed by atoms with E-state index in [2.05, 4.69) is 34.6 Å². The maximum Gasteiger partial charge on any atom is 0.187 e. The molecule has 1 aromatic heterocycles. The summed E-state index contributed by atoms with van der Waals surface area (Å²) in [7, 11) is 0. The summed E-state index contributed by atoms with van der Waals surface area (Å²) in [4.78, 5) is 12.4. The molecule has 2 N–H and O–H groups in total. The minimum absolute atomic E-state index is 0.0572. The normalized spacial score (nSPS) is 18.1. The molecular weight excluding hydrogens is 290 g/mol. The van der Waals surface area contributed by atoms with Gasteiger partial charge < -0.3 is 10.1 Å². The lowest BCUT2D eigenvalue weighted by Crippen LogP contribution is -2.33. The van der Waals surface area contributed by atoms with Crippen molar-refractivity contribution in [3.8, 4) is 0 Å². The molecule has 122 valence electrons. The van der Waals surface area contributed by atoms with Crippen LogP contribution >= 0.6 is 0 Å². The molecule has 2 aromatic rings. The van der Waals surface area contributed by atoms with E-state index >= 15 is 0 Å². The van der Waals surface area contributed by atoms with Gasteiger partial charge in [-0.2, -0.15) is 5.10 Å². The summed E-state index contributed by atoms with van der Waals surface area (Å²) in [6, 6.07) is 8.12. The highest BCUT2D eigenvalue weighted by Gasteiger charge is 2.17. The smallest absolute Gasteiger partial charge is 0.187 e. The quantitative estimate of drug-likeness (QED) is 0.832. The van der Waals surface area contributed by atoms with Crippen LogP contribution in [0.1, 0.15) is 45.9 Å². The van der Waals surface area contributed by atoms with Gasteiger partial charge in [0.25, 0.3) is 0 Å². The third-order valence-corrected chi connectivity index (χ3v) is 4.37. The molecule has 1 aromatic carbocycles. The molecule has 23 heavy (non-hydrogen) atoms. The van der Waals surface area contributed by atoms with Crippen molar-refractivity contribution in [2.24, 2.45) is 0 Å². The number of aromatic nitrogens is 2. The molecule has 0 bridgehead atoms. The lowest BCUT2D eigenvalue weighted by Gasteiger charge is -2.24. The van der Waals surface area contributed by atoms with Crippen LogP contribution in [-0.2, 0) is 17.6 Å². The lowest BCUT2D eigenvalue weighted by atomic mass is 10.0. The second kappa shape index (κ2) is 7.06. The molecule has 1 aliphatic rings. The molecule has 0 saturated carbocycles. The number of nitrogens with one attached hydrogen (secondary N) is 2. The topological polar surface area (TPSA) is 67.0 Å². The van der Waals surface area contributed by atoms with Gasteiger partial charge in [0.05, 0.1) is 12.7 Å². The minimum atomic E-state index is 0.0572. The van der Waals surface area contributed by atoms with Gasteiger partial charge in [-0.25, -0.2) is 0 Å². The van der Waals surface area contributed by atoms with Crippen LogP contribution in [0.25, 0.3) is 0 Å². The number of hydrogen-bond acceptors (Lipinski definition) is 4. The van der Waals surface area contributed by atoms with Crippen LogP contribution in [0.5, 0.6) is 0 Å². The largest absolute Gasteiger partial charge is 0.371 e. The van der Waals surface area contributed by atoms with Crippen molar-refractivity contribution in [1.29, 1.82) is 0 Å². The predicted octanol–water partition coefficient (Wildman–Crippen LogP) is 2.37. The number of H-pyrrole nitrogens is 1. The first-order valence-electron chi connectivity index (χ1n) is 8.17. The Balaban J connectivity index is 1.67. The number of ether oxygens (including phenoxy) is 1. The van der Waals surface area contributed by atoms with Crippen LogP contribution in [0.15, 0.2) is 24.3 Å². The molecule has 5 heteroatoms. The molecule has 5 nitrogen and oxygen atoms in total. The number of rotatable bonds is 5. The Bertz CT molecular complexity index is 670. The first-order chi connectivity index (χ1) is 11.2. The molecule has 0 radical (unpaired) electrons. The number of nitrogens with zero attached hydrogens (tertiary/aromatic N) is 1. The number of hydrogen-bond donors (Lipinski definition) is 2. The molecule has 0 amide bonds. The maximum absolute atomic E-state index is 12.4. The van der Waals surface area contributed by atoms with E-state index in [0.717, 1.165) is 48.5 Å². The Morgan fingerprint density at radius 3 is 2.74 bits per heavy atom. The zero-order valence-corrected chi connectivity index (χ0v) is 13.7. The van der Waals surface area contributed by atoms with Crippen LogP contribution in [0.2, 0.25) is 0 Å². The number of Topliss-reactive ketones (excluding diaryl/α,β-unsaturated/α-hetero) is 1. The molecule has 3 rings (SSSR count). The van der Waals surface area contributed by atoms with E-state index in [-0.39, 0.29) is 11.9 Å². The number of carbonyl (C=O) groups excluding carboxylic acids is 1. The van der Waals surface area contributed by atoms with Crippen molar-refractivity contribution in [2.45, 2.75) is 32.8 Å². The average Bonchev–Trinajstić information content (AvgIpc) is 2.97. The Morgan fingerprint density at radius 1 is 1.35 bits per heavy atom. The number of carbonyl (C=O) groups is 1. The van der Waals surface area contributed by atoms with Crippen molar-refractivity contribution in [3.63, 3.8) is 0 Å². The second-order valence-electron chi connectivity index (χ2n) is 5.93. The van der Waals surface area contributed by atoms with Crippen LogP contribution in [0.4, 0.5) is 0 Å². The molecule has 0 aliphatic carbocycles. The van der Waals surface area contributed by atoms with Gasteiger partial charge in [0.1, 0.15) is 5.69 Å². The molecule has 1 saturated heterocycles. The first-order valence-corrected chi connectivity index (χ1v) is 8.17. The van der Waals surface area contributed by atoms with Gasteiger partial charge in [-0.15, -0.1) is 0 Å². The summed E-state index contributed by atoms with van der Waals surface area (Å²) in [5.74, 6) is 0.0572. The number of benzene rings is 1. The van der Waals surface area contributed by atoms with Crippen LogP contribution in [-0.4, -0.2) is 35.7 Å². The summed E-state index contributed by atoms with van der Waals surface area (Å²) < 4.78 is 5.74. The van der Waals surface area contributed by atoms with E-state index in [9.17, 15) is 4.79 Å². The minimum Gasteiger partial charge on any atom is -0.371 e. The van der Waals surface area contributed by atoms with Crippen LogP contribution in [0, 0.1) is 6.92 Å². The van der Waals surface area contributed by atoms with Crippen molar-refractivity contribution < 1.29 is 9.53 Å². The number of aromatic amines is 1. The van der Waals surface area contributed by atoms with E-state index in [1.165, 1.54) is 0 Å². The second-order valence-corrected chi connectivity index (χ2v) is 5.93. The van der Waals surface area contributed by atoms with Gasteiger partial charge in [-0.3, -0.25) is 9.89 Å². The molecule has 1 fully saturated rings. The van der Waals surface area contributed by atoms with Crippen LogP contribution in [0.3, 0.4) is 0 Å². The average molecular weight is 313 g/mol. The van der Waals surface area contributed by atoms with Gasteiger partial charge in [0.2, 0.25) is 0 Å². The van der Waals surface area contributed by atoms with E-state index < -0.39 is 0 Å². The van der Waals surface area contributed by atoms with Gasteiger partial charge in [-0.05, 0) is 24.5 Å². The Kier molecular flexibility index (Phi) is 4.88. The fourth-order valence-corrected chi connectivity index (χ4v) is 2.95.